The Labute approximate surface area is 120 Å². The van der Waals surface area contributed by atoms with Gasteiger partial charge in [0.15, 0.2) is 0 Å². The van der Waals surface area contributed by atoms with Gasteiger partial charge in [-0.05, 0) is 57.7 Å². The number of rotatable bonds is 1. The van der Waals surface area contributed by atoms with E-state index in [4.69, 9.17) is 0 Å². The molecule has 4 nitrogen and oxygen atoms in total. The topological polar surface area (TPSA) is 45.2 Å². The molecule has 0 saturated carbocycles. The van der Waals surface area contributed by atoms with Crippen molar-refractivity contribution in [2.75, 3.05) is 13.1 Å². The van der Waals surface area contributed by atoms with Crippen molar-refractivity contribution in [2.45, 2.75) is 51.1 Å². The van der Waals surface area contributed by atoms with Crippen LogP contribution < -0.4 is 5.32 Å². The maximum absolute atomic E-state index is 12.9. The molecule has 4 heteroatoms. The van der Waals surface area contributed by atoms with Crippen LogP contribution in [-0.4, -0.2) is 40.5 Å². The van der Waals surface area contributed by atoms with Crippen molar-refractivity contribution >= 4 is 5.91 Å². The molecule has 108 valence electrons. The number of likely N-dealkylation sites (tertiary alicyclic amines) is 1. The maximum atomic E-state index is 12.9. The molecule has 1 aromatic rings. The van der Waals surface area contributed by atoms with Crippen LogP contribution in [0.4, 0.5) is 0 Å². The molecule has 0 spiro atoms. The van der Waals surface area contributed by atoms with Gasteiger partial charge in [-0.3, -0.25) is 9.78 Å². The number of aryl methyl sites for hydroxylation is 1. The lowest BCUT2D eigenvalue weighted by Gasteiger charge is -2.53. The third kappa shape index (κ3) is 2.12. The van der Waals surface area contributed by atoms with Gasteiger partial charge in [-0.1, -0.05) is 6.07 Å². The Morgan fingerprint density at radius 1 is 1.50 bits per heavy atom. The van der Waals surface area contributed by atoms with E-state index in [1.165, 1.54) is 6.42 Å². The second-order valence-corrected chi connectivity index (χ2v) is 6.24. The molecule has 0 aliphatic carbocycles. The van der Waals surface area contributed by atoms with Crippen LogP contribution in [0.15, 0.2) is 18.3 Å². The van der Waals surface area contributed by atoms with Gasteiger partial charge >= 0.3 is 0 Å². The van der Waals surface area contributed by atoms with Crippen LogP contribution in [0.5, 0.6) is 0 Å². The zero-order valence-electron chi connectivity index (χ0n) is 12.4. The summed E-state index contributed by atoms with van der Waals surface area (Å²) in [6.07, 6.45) is 6.18. The summed E-state index contributed by atoms with van der Waals surface area (Å²) in [5, 5.41) is 3.60. The number of amides is 1. The van der Waals surface area contributed by atoms with E-state index in [9.17, 15) is 4.79 Å². The number of pyridine rings is 1. The van der Waals surface area contributed by atoms with Crippen LogP contribution in [0.3, 0.4) is 0 Å². The van der Waals surface area contributed by atoms with E-state index in [1.54, 1.807) is 6.20 Å². The monoisotopic (exact) mass is 273 g/mol. The molecule has 1 amide bonds. The normalized spacial score (nSPS) is 29.9. The Kier molecular flexibility index (Phi) is 3.50. The van der Waals surface area contributed by atoms with E-state index in [0.29, 0.717) is 11.7 Å². The summed E-state index contributed by atoms with van der Waals surface area (Å²) in [6.45, 7) is 6.12. The molecule has 3 heterocycles. The summed E-state index contributed by atoms with van der Waals surface area (Å²) < 4.78 is 0. The fourth-order valence-electron chi connectivity index (χ4n) is 3.73. The first-order chi connectivity index (χ1) is 9.63. The predicted octanol–water partition coefficient (Wildman–Crippen LogP) is 2.14. The second kappa shape index (κ2) is 5.17. The Morgan fingerprint density at radius 2 is 2.35 bits per heavy atom. The highest BCUT2D eigenvalue weighted by atomic mass is 16.2. The van der Waals surface area contributed by atoms with Gasteiger partial charge in [-0.25, -0.2) is 0 Å². The highest BCUT2D eigenvalue weighted by Gasteiger charge is 2.46. The Bertz CT molecular complexity index is 514. The van der Waals surface area contributed by atoms with E-state index in [-0.39, 0.29) is 11.4 Å². The van der Waals surface area contributed by atoms with Crippen molar-refractivity contribution in [3.05, 3.63) is 29.6 Å². The van der Waals surface area contributed by atoms with Crippen LogP contribution in [-0.2, 0) is 0 Å². The number of carbonyl (C=O) groups is 1. The minimum atomic E-state index is -0.0580. The smallest absolute Gasteiger partial charge is 0.273 e. The zero-order chi connectivity index (χ0) is 14.2. The lowest BCUT2D eigenvalue weighted by Crippen LogP contribution is -2.66. The van der Waals surface area contributed by atoms with E-state index in [0.717, 1.165) is 37.9 Å². The minimum Gasteiger partial charge on any atom is -0.330 e. The average molecular weight is 273 g/mol. The molecule has 2 aliphatic rings. The number of nitrogens with one attached hydrogen (secondary N) is 1. The summed E-state index contributed by atoms with van der Waals surface area (Å²) in [4.78, 5) is 19.3. The van der Waals surface area contributed by atoms with Gasteiger partial charge in [-0.15, -0.1) is 0 Å². The van der Waals surface area contributed by atoms with E-state index in [1.807, 2.05) is 19.1 Å². The fourth-order valence-corrected chi connectivity index (χ4v) is 3.73. The Balaban J connectivity index is 1.92. The SMILES string of the molecule is Cc1cccnc1C(=O)N1CCC[C@H]2NCCC[C@@]21C. The number of fused-ring (bicyclic) bond motifs is 1. The summed E-state index contributed by atoms with van der Waals surface area (Å²) in [5.74, 6) is 0.0963. The van der Waals surface area contributed by atoms with Gasteiger partial charge in [-0.2, -0.15) is 0 Å². The molecular formula is C16H23N3O. The van der Waals surface area contributed by atoms with Gasteiger partial charge < -0.3 is 10.2 Å². The average Bonchev–Trinajstić information content (AvgIpc) is 2.46. The molecule has 0 bridgehead atoms. The molecule has 0 aromatic carbocycles. The molecule has 3 rings (SSSR count). The van der Waals surface area contributed by atoms with Crippen molar-refractivity contribution in [2.24, 2.45) is 0 Å². The first kappa shape index (κ1) is 13.6. The van der Waals surface area contributed by atoms with Crippen molar-refractivity contribution in [1.29, 1.82) is 0 Å². The molecular weight excluding hydrogens is 250 g/mol. The molecule has 2 aliphatic heterocycles. The molecule has 2 atom stereocenters. The van der Waals surface area contributed by atoms with E-state index in [2.05, 4.69) is 22.1 Å². The minimum absolute atomic E-state index is 0.0580. The Hall–Kier alpha value is -1.42. The van der Waals surface area contributed by atoms with Crippen LogP contribution in [0.2, 0.25) is 0 Å². The molecule has 0 radical (unpaired) electrons. The number of nitrogens with zero attached hydrogens (tertiary/aromatic N) is 2. The number of aromatic nitrogens is 1. The van der Waals surface area contributed by atoms with E-state index < -0.39 is 0 Å². The molecule has 2 saturated heterocycles. The van der Waals surface area contributed by atoms with Gasteiger partial charge in [0.25, 0.3) is 5.91 Å². The summed E-state index contributed by atoms with van der Waals surface area (Å²) in [7, 11) is 0. The Morgan fingerprint density at radius 3 is 3.15 bits per heavy atom. The van der Waals surface area contributed by atoms with Crippen molar-refractivity contribution < 1.29 is 4.79 Å². The summed E-state index contributed by atoms with van der Waals surface area (Å²) >= 11 is 0. The van der Waals surface area contributed by atoms with Gasteiger partial charge in [0.05, 0.1) is 5.54 Å². The fraction of sp³-hybridized carbons (Fsp3) is 0.625. The molecule has 0 unspecified atom stereocenters. The van der Waals surface area contributed by atoms with Crippen molar-refractivity contribution in [3.63, 3.8) is 0 Å². The van der Waals surface area contributed by atoms with Crippen LogP contribution in [0, 0.1) is 6.92 Å². The lowest BCUT2D eigenvalue weighted by atomic mass is 9.77. The predicted molar refractivity (Wildman–Crippen MR) is 78.7 cm³/mol. The third-order valence-electron chi connectivity index (χ3n) is 4.95. The van der Waals surface area contributed by atoms with Crippen molar-refractivity contribution in [1.82, 2.24) is 15.2 Å². The van der Waals surface area contributed by atoms with Crippen molar-refractivity contribution in [3.8, 4) is 0 Å². The number of hydrogen-bond acceptors (Lipinski definition) is 3. The molecule has 1 N–H and O–H groups in total. The number of hydrogen-bond donors (Lipinski definition) is 1. The van der Waals surface area contributed by atoms with Crippen LogP contribution >= 0.6 is 0 Å². The van der Waals surface area contributed by atoms with E-state index >= 15 is 0 Å². The van der Waals surface area contributed by atoms with Gasteiger partial charge in [0, 0.05) is 18.8 Å². The van der Waals surface area contributed by atoms with Gasteiger partial charge in [0.1, 0.15) is 5.69 Å². The largest absolute Gasteiger partial charge is 0.330 e. The highest BCUT2D eigenvalue weighted by Crippen LogP contribution is 2.35. The summed E-state index contributed by atoms with van der Waals surface area (Å²) in [6, 6.07) is 4.27. The second-order valence-electron chi connectivity index (χ2n) is 6.24. The molecule has 20 heavy (non-hydrogen) atoms. The number of piperidine rings is 2. The van der Waals surface area contributed by atoms with Gasteiger partial charge in [0.2, 0.25) is 0 Å². The quantitative estimate of drug-likeness (QED) is 0.852. The molecule has 2 fully saturated rings. The van der Waals surface area contributed by atoms with Crippen LogP contribution in [0.25, 0.3) is 0 Å². The lowest BCUT2D eigenvalue weighted by molar-refractivity contribution is 0.00828. The maximum Gasteiger partial charge on any atom is 0.273 e. The third-order valence-corrected chi connectivity index (χ3v) is 4.95. The zero-order valence-corrected chi connectivity index (χ0v) is 12.4. The molecule has 1 aromatic heterocycles. The first-order valence-electron chi connectivity index (χ1n) is 7.60. The first-order valence-corrected chi connectivity index (χ1v) is 7.60. The number of carbonyl (C=O) groups excluding carboxylic acids is 1. The highest BCUT2D eigenvalue weighted by molar-refractivity contribution is 5.94. The summed E-state index contributed by atoms with van der Waals surface area (Å²) in [5.41, 5.74) is 1.52. The van der Waals surface area contributed by atoms with Crippen LogP contribution in [0.1, 0.15) is 48.7 Å². The standard InChI is InChI=1S/C16H23N3O/c1-12-6-3-9-18-14(12)15(20)19-11-4-7-13-16(19,2)8-5-10-17-13/h3,6,9,13,17H,4-5,7-8,10-11H2,1-2H3/t13-,16+/m1/s1.